The molecule has 94 valence electrons. The van der Waals surface area contributed by atoms with Gasteiger partial charge in [0.15, 0.2) is 11.4 Å². The van der Waals surface area contributed by atoms with Crippen LogP contribution in [-0.4, -0.2) is 16.6 Å². The molecular weight excluding hydrogens is 242 g/mol. The van der Waals surface area contributed by atoms with Crippen molar-refractivity contribution in [3.05, 3.63) is 41.8 Å². The van der Waals surface area contributed by atoms with Crippen LogP contribution < -0.4 is 4.74 Å². The van der Waals surface area contributed by atoms with Gasteiger partial charge >= 0.3 is 5.97 Å². The first kappa shape index (κ1) is 10.6. The highest BCUT2D eigenvalue weighted by Crippen LogP contribution is 2.46. The minimum atomic E-state index is -0.727. The Bertz CT molecular complexity index is 769. The van der Waals surface area contributed by atoms with Gasteiger partial charge in [-0.2, -0.15) is 0 Å². The van der Waals surface area contributed by atoms with E-state index >= 15 is 0 Å². The molecule has 4 nitrogen and oxygen atoms in total. The lowest BCUT2D eigenvalue weighted by Crippen LogP contribution is -2.26. The molecule has 3 heterocycles. The van der Waals surface area contributed by atoms with E-state index in [4.69, 9.17) is 9.47 Å². The van der Waals surface area contributed by atoms with Gasteiger partial charge in [-0.25, -0.2) is 4.79 Å². The van der Waals surface area contributed by atoms with Gasteiger partial charge in [-0.1, -0.05) is 12.1 Å². The van der Waals surface area contributed by atoms with Crippen molar-refractivity contribution in [2.24, 2.45) is 0 Å². The molecule has 0 radical (unpaired) electrons. The largest absolute Gasteiger partial charge is 0.456 e. The Hall–Kier alpha value is -2.36. The molecule has 0 saturated carbocycles. The van der Waals surface area contributed by atoms with Crippen LogP contribution in [-0.2, 0) is 9.53 Å². The van der Waals surface area contributed by atoms with Gasteiger partial charge in [0.25, 0.3) is 0 Å². The Morgan fingerprint density at radius 3 is 2.89 bits per heavy atom. The molecule has 2 aliphatic rings. The van der Waals surface area contributed by atoms with E-state index in [0.717, 1.165) is 22.2 Å². The second-order valence-corrected chi connectivity index (χ2v) is 5.21. The highest BCUT2D eigenvalue weighted by atomic mass is 16.6. The van der Waals surface area contributed by atoms with Crippen molar-refractivity contribution < 1.29 is 14.3 Å². The van der Waals surface area contributed by atoms with Crippen molar-refractivity contribution in [3.8, 4) is 5.75 Å². The minimum absolute atomic E-state index is 0.331. The van der Waals surface area contributed by atoms with E-state index in [2.05, 4.69) is 4.98 Å². The van der Waals surface area contributed by atoms with Gasteiger partial charge in [0.1, 0.15) is 11.3 Å². The molecule has 0 saturated heterocycles. The SMILES string of the molecule is CC1(C)OC(=O)C2=C1Oc1ccnc3cccc2c13. The highest BCUT2D eigenvalue weighted by Gasteiger charge is 2.45. The van der Waals surface area contributed by atoms with Gasteiger partial charge in [-0.3, -0.25) is 4.98 Å². The van der Waals surface area contributed by atoms with E-state index in [0.29, 0.717) is 11.3 Å². The second-order valence-electron chi connectivity index (χ2n) is 5.21. The number of ether oxygens (including phenoxy) is 2. The van der Waals surface area contributed by atoms with E-state index in [1.165, 1.54) is 0 Å². The number of benzene rings is 1. The average Bonchev–Trinajstić information content (AvgIpc) is 2.60. The first-order chi connectivity index (χ1) is 9.08. The van der Waals surface area contributed by atoms with Crippen LogP contribution in [0.1, 0.15) is 19.4 Å². The first-order valence-electron chi connectivity index (χ1n) is 6.12. The summed E-state index contributed by atoms with van der Waals surface area (Å²) in [5.41, 5.74) is 1.46. The molecule has 0 N–H and O–H groups in total. The molecular formula is C15H11NO3. The smallest absolute Gasteiger partial charge is 0.343 e. The summed E-state index contributed by atoms with van der Waals surface area (Å²) in [7, 11) is 0. The van der Waals surface area contributed by atoms with E-state index in [9.17, 15) is 4.79 Å². The van der Waals surface area contributed by atoms with Gasteiger partial charge in [0.05, 0.1) is 10.9 Å². The molecule has 19 heavy (non-hydrogen) atoms. The van der Waals surface area contributed by atoms with Crippen molar-refractivity contribution >= 4 is 22.4 Å². The number of rotatable bonds is 0. The van der Waals surface area contributed by atoms with Crippen LogP contribution >= 0.6 is 0 Å². The number of esters is 1. The Morgan fingerprint density at radius 2 is 2.05 bits per heavy atom. The summed E-state index contributed by atoms with van der Waals surface area (Å²) < 4.78 is 11.3. The number of fused-ring (bicyclic) bond motifs is 1. The molecule has 0 unspecified atom stereocenters. The van der Waals surface area contributed by atoms with E-state index in [-0.39, 0.29) is 5.97 Å². The molecule has 1 aromatic carbocycles. The third-order valence-corrected chi connectivity index (χ3v) is 3.54. The Kier molecular flexibility index (Phi) is 1.75. The molecule has 0 atom stereocenters. The molecule has 0 aliphatic carbocycles. The van der Waals surface area contributed by atoms with Crippen molar-refractivity contribution in [1.29, 1.82) is 0 Å². The Morgan fingerprint density at radius 1 is 1.21 bits per heavy atom. The molecule has 0 amide bonds. The lowest BCUT2D eigenvalue weighted by Gasteiger charge is -2.24. The van der Waals surface area contributed by atoms with Crippen LogP contribution in [0.2, 0.25) is 0 Å². The van der Waals surface area contributed by atoms with Gasteiger partial charge in [-0.15, -0.1) is 0 Å². The fourth-order valence-corrected chi connectivity index (χ4v) is 2.71. The third kappa shape index (κ3) is 1.23. The summed E-state index contributed by atoms with van der Waals surface area (Å²) in [5.74, 6) is 0.983. The van der Waals surface area contributed by atoms with Crippen molar-refractivity contribution in [2.75, 3.05) is 0 Å². The number of aromatic nitrogens is 1. The lowest BCUT2D eigenvalue weighted by atomic mass is 9.94. The van der Waals surface area contributed by atoms with Crippen molar-refractivity contribution in [3.63, 3.8) is 0 Å². The van der Waals surface area contributed by atoms with E-state index in [1.807, 2.05) is 38.1 Å². The summed E-state index contributed by atoms with van der Waals surface area (Å²) in [5, 5.41) is 0.874. The van der Waals surface area contributed by atoms with Crippen LogP contribution in [0.5, 0.6) is 5.75 Å². The average molecular weight is 253 g/mol. The zero-order valence-electron chi connectivity index (χ0n) is 10.6. The fraction of sp³-hybridized carbons (Fsp3) is 0.200. The molecule has 4 heteroatoms. The van der Waals surface area contributed by atoms with Crippen LogP contribution in [0, 0.1) is 0 Å². The van der Waals surface area contributed by atoms with Gasteiger partial charge in [0.2, 0.25) is 0 Å². The summed E-state index contributed by atoms with van der Waals surface area (Å²) >= 11 is 0. The summed E-state index contributed by atoms with van der Waals surface area (Å²) in [6.07, 6.45) is 1.71. The fourth-order valence-electron chi connectivity index (χ4n) is 2.71. The molecule has 0 bridgehead atoms. The standard InChI is InChI=1S/C15H11NO3/c1-15(2)13-12(14(17)19-15)8-4-3-5-9-11(8)10(18-13)6-7-16-9/h3-7H,1-2H3. The molecule has 1 aromatic heterocycles. The first-order valence-corrected chi connectivity index (χ1v) is 6.12. The van der Waals surface area contributed by atoms with Gasteiger partial charge < -0.3 is 9.47 Å². The zero-order valence-corrected chi connectivity index (χ0v) is 10.6. The number of nitrogens with zero attached hydrogens (tertiary/aromatic N) is 1. The number of carbonyl (C=O) groups is 1. The normalized spacial score (nSPS) is 19.2. The zero-order chi connectivity index (χ0) is 13.2. The number of cyclic esters (lactones) is 1. The van der Waals surface area contributed by atoms with Crippen LogP contribution in [0.25, 0.3) is 16.5 Å². The molecule has 2 aliphatic heterocycles. The van der Waals surface area contributed by atoms with Crippen LogP contribution in [0.3, 0.4) is 0 Å². The second kappa shape index (κ2) is 3.15. The summed E-state index contributed by atoms with van der Waals surface area (Å²) in [6.45, 7) is 3.67. The predicted molar refractivity (Wildman–Crippen MR) is 69.5 cm³/mol. The Balaban J connectivity index is 2.13. The summed E-state index contributed by atoms with van der Waals surface area (Å²) in [6, 6.07) is 7.52. The number of pyridine rings is 1. The number of hydrogen-bond donors (Lipinski definition) is 0. The maximum atomic E-state index is 12.1. The quantitative estimate of drug-likeness (QED) is 0.677. The maximum absolute atomic E-state index is 12.1. The maximum Gasteiger partial charge on any atom is 0.343 e. The monoisotopic (exact) mass is 253 g/mol. The number of hydrogen-bond acceptors (Lipinski definition) is 4. The predicted octanol–water partition coefficient (Wildman–Crippen LogP) is 2.67. The molecule has 4 rings (SSSR count). The van der Waals surface area contributed by atoms with Crippen LogP contribution in [0.4, 0.5) is 0 Å². The molecule has 2 aromatic rings. The van der Waals surface area contributed by atoms with Crippen molar-refractivity contribution in [2.45, 2.75) is 19.4 Å². The van der Waals surface area contributed by atoms with Crippen LogP contribution in [0.15, 0.2) is 36.2 Å². The third-order valence-electron chi connectivity index (χ3n) is 3.54. The molecule has 0 spiro atoms. The highest BCUT2D eigenvalue weighted by molar-refractivity contribution is 6.24. The molecule has 0 fully saturated rings. The van der Waals surface area contributed by atoms with Gasteiger partial charge in [0, 0.05) is 11.8 Å². The summed E-state index contributed by atoms with van der Waals surface area (Å²) in [4.78, 5) is 16.4. The topological polar surface area (TPSA) is 48.4 Å². The van der Waals surface area contributed by atoms with E-state index in [1.54, 1.807) is 6.20 Å². The van der Waals surface area contributed by atoms with Crippen molar-refractivity contribution in [1.82, 2.24) is 4.98 Å². The number of carbonyl (C=O) groups excluding carboxylic acids is 1. The lowest BCUT2D eigenvalue weighted by molar-refractivity contribution is -0.143. The Labute approximate surface area is 109 Å². The van der Waals surface area contributed by atoms with Gasteiger partial charge in [-0.05, 0) is 26.0 Å². The minimum Gasteiger partial charge on any atom is -0.456 e. The van der Waals surface area contributed by atoms with E-state index < -0.39 is 5.60 Å².